The lowest BCUT2D eigenvalue weighted by Crippen LogP contribution is -2.48. The van der Waals surface area contributed by atoms with Gasteiger partial charge in [0.05, 0.1) is 18.3 Å². The van der Waals surface area contributed by atoms with Crippen molar-refractivity contribution in [1.82, 2.24) is 0 Å². The maximum atomic E-state index is 13.6. The van der Waals surface area contributed by atoms with Crippen LogP contribution >= 0.6 is 0 Å². The minimum absolute atomic E-state index is 0.139. The van der Waals surface area contributed by atoms with Gasteiger partial charge in [-0.05, 0) is 50.1 Å². The predicted molar refractivity (Wildman–Crippen MR) is 87.9 cm³/mol. The van der Waals surface area contributed by atoms with E-state index in [0.717, 1.165) is 30.0 Å². The van der Waals surface area contributed by atoms with Gasteiger partial charge in [-0.3, -0.25) is 0 Å². The highest BCUT2D eigenvalue weighted by molar-refractivity contribution is 5.62. The molecule has 0 saturated carbocycles. The lowest BCUT2D eigenvalue weighted by molar-refractivity contribution is 0.101. The number of ether oxygens (including phenoxy) is 1. The lowest BCUT2D eigenvalue weighted by Gasteiger charge is -2.44. The van der Waals surface area contributed by atoms with Gasteiger partial charge in [-0.25, -0.2) is 4.39 Å². The van der Waals surface area contributed by atoms with Gasteiger partial charge in [0.2, 0.25) is 0 Å². The van der Waals surface area contributed by atoms with Crippen molar-refractivity contribution in [1.29, 1.82) is 0 Å². The Balaban J connectivity index is 2.05. The van der Waals surface area contributed by atoms with Crippen LogP contribution in [-0.2, 0) is 0 Å². The number of halogens is 1. The van der Waals surface area contributed by atoms with Crippen LogP contribution in [0.4, 0.5) is 10.1 Å². The van der Waals surface area contributed by atoms with Crippen molar-refractivity contribution in [2.24, 2.45) is 0 Å². The van der Waals surface area contributed by atoms with Crippen molar-refractivity contribution in [3.05, 3.63) is 59.9 Å². The third-order valence-electron chi connectivity index (χ3n) is 4.11. The maximum absolute atomic E-state index is 13.6. The number of hydrogen-bond donors (Lipinski definition) is 0. The van der Waals surface area contributed by atoms with Gasteiger partial charge in [-0.15, -0.1) is 0 Å². The monoisotopic (exact) mass is 299 g/mol. The third kappa shape index (κ3) is 2.80. The summed E-state index contributed by atoms with van der Waals surface area (Å²) in [7, 11) is 0. The van der Waals surface area contributed by atoms with E-state index in [1.165, 1.54) is 6.07 Å². The Morgan fingerprint density at radius 3 is 2.68 bits per heavy atom. The predicted octanol–water partition coefficient (Wildman–Crippen LogP) is 4.95. The van der Waals surface area contributed by atoms with Crippen LogP contribution in [0.3, 0.4) is 0 Å². The zero-order valence-electron chi connectivity index (χ0n) is 13.3. The van der Waals surface area contributed by atoms with E-state index >= 15 is 0 Å². The second kappa shape index (κ2) is 5.64. The van der Waals surface area contributed by atoms with E-state index in [0.29, 0.717) is 0 Å². The van der Waals surface area contributed by atoms with E-state index in [9.17, 15) is 4.39 Å². The van der Waals surface area contributed by atoms with Crippen LogP contribution in [0.5, 0.6) is 5.75 Å². The van der Waals surface area contributed by atoms with Crippen LogP contribution in [-0.4, -0.2) is 12.1 Å². The summed E-state index contributed by atoms with van der Waals surface area (Å²) in [5.74, 6) is 0.713. The van der Waals surface area contributed by atoms with Crippen LogP contribution in [0, 0.1) is 5.82 Å². The normalized spacial score (nSPS) is 17.5. The zero-order chi connectivity index (χ0) is 15.7. The Kier molecular flexibility index (Phi) is 3.81. The second-order valence-corrected chi connectivity index (χ2v) is 6.44. The molecule has 1 heterocycles. The molecule has 3 heteroatoms. The lowest BCUT2D eigenvalue weighted by atomic mass is 9.97. The van der Waals surface area contributed by atoms with Crippen LogP contribution in [0.25, 0.3) is 0 Å². The number of nitrogens with zero attached hydrogens (tertiary/aromatic N) is 1. The molecule has 22 heavy (non-hydrogen) atoms. The molecule has 0 saturated heterocycles. The third-order valence-corrected chi connectivity index (χ3v) is 4.11. The fourth-order valence-corrected chi connectivity index (χ4v) is 3.23. The highest BCUT2D eigenvalue weighted by Crippen LogP contribution is 2.42. The molecule has 1 unspecified atom stereocenters. The van der Waals surface area contributed by atoms with Crippen molar-refractivity contribution in [3.63, 3.8) is 0 Å². The molecule has 2 aromatic carbocycles. The molecular weight excluding hydrogens is 277 g/mol. The van der Waals surface area contributed by atoms with E-state index < -0.39 is 0 Å². The van der Waals surface area contributed by atoms with Gasteiger partial charge >= 0.3 is 0 Å². The van der Waals surface area contributed by atoms with E-state index in [-0.39, 0.29) is 17.5 Å². The molecule has 116 valence electrons. The van der Waals surface area contributed by atoms with E-state index in [1.54, 1.807) is 12.1 Å². The van der Waals surface area contributed by atoms with Crippen LogP contribution < -0.4 is 9.64 Å². The minimum atomic E-state index is -0.269. The first-order chi connectivity index (χ1) is 10.5. The average molecular weight is 299 g/mol. The SMILES string of the molecule is CCC(c1cccc(F)c1)N1CC(C)(C)Oc2ccccc21. The standard InChI is InChI=1S/C19H22FNO/c1-4-16(14-8-7-9-15(20)12-14)21-13-19(2,3)22-18-11-6-5-10-17(18)21/h5-12,16H,4,13H2,1-3H3. The maximum Gasteiger partial charge on any atom is 0.143 e. The molecule has 2 nitrogen and oxygen atoms in total. The Bertz CT molecular complexity index is 668. The van der Waals surface area contributed by atoms with E-state index in [2.05, 4.69) is 31.7 Å². The van der Waals surface area contributed by atoms with Gasteiger partial charge in [0.15, 0.2) is 0 Å². The Morgan fingerprint density at radius 2 is 1.95 bits per heavy atom. The summed E-state index contributed by atoms with van der Waals surface area (Å²) in [4.78, 5) is 2.34. The number of benzene rings is 2. The van der Waals surface area contributed by atoms with Gasteiger partial charge in [0, 0.05) is 0 Å². The zero-order valence-corrected chi connectivity index (χ0v) is 13.3. The van der Waals surface area contributed by atoms with Crippen LogP contribution in [0.2, 0.25) is 0 Å². The number of hydrogen-bond acceptors (Lipinski definition) is 2. The highest BCUT2D eigenvalue weighted by atomic mass is 19.1. The van der Waals surface area contributed by atoms with Gasteiger partial charge in [-0.2, -0.15) is 0 Å². The van der Waals surface area contributed by atoms with Crippen molar-refractivity contribution in [2.75, 3.05) is 11.4 Å². The molecule has 0 amide bonds. The summed E-state index contributed by atoms with van der Waals surface area (Å²) in [6, 6.07) is 15.1. The van der Waals surface area contributed by atoms with Crippen LogP contribution in [0.15, 0.2) is 48.5 Å². The Labute approximate surface area is 131 Å². The molecule has 1 atom stereocenters. The number of fused-ring (bicyclic) bond motifs is 1. The quantitative estimate of drug-likeness (QED) is 0.794. The first-order valence-electron chi connectivity index (χ1n) is 7.80. The number of rotatable bonds is 3. The van der Waals surface area contributed by atoms with Gasteiger partial charge in [0.25, 0.3) is 0 Å². The van der Waals surface area contributed by atoms with E-state index in [4.69, 9.17) is 4.74 Å². The molecule has 0 spiro atoms. The fourth-order valence-electron chi connectivity index (χ4n) is 3.23. The molecule has 0 fully saturated rings. The van der Waals surface area contributed by atoms with Crippen LogP contribution in [0.1, 0.15) is 38.8 Å². The summed E-state index contributed by atoms with van der Waals surface area (Å²) in [5.41, 5.74) is 1.82. The summed E-state index contributed by atoms with van der Waals surface area (Å²) in [5, 5.41) is 0. The highest BCUT2D eigenvalue weighted by Gasteiger charge is 2.35. The van der Waals surface area contributed by atoms with Gasteiger partial charge in [0.1, 0.15) is 17.2 Å². The second-order valence-electron chi connectivity index (χ2n) is 6.44. The Morgan fingerprint density at radius 1 is 1.18 bits per heavy atom. The van der Waals surface area contributed by atoms with Crippen molar-refractivity contribution >= 4 is 5.69 Å². The molecular formula is C19H22FNO. The summed E-state index contributed by atoms with van der Waals surface area (Å²) in [6.45, 7) is 7.10. The molecule has 0 N–H and O–H groups in total. The molecule has 1 aliphatic heterocycles. The molecule has 0 bridgehead atoms. The minimum Gasteiger partial charge on any atom is -0.484 e. The molecule has 0 radical (unpaired) electrons. The first kappa shape index (κ1) is 14.9. The molecule has 1 aliphatic rings. The summed E-state index contributed by atoms with van der Waals surface area (Å²) >= 11 is 0. The van der Waals surface area contributed by atoms with Crippen molar-refractivity contribution in [2.45, 2.75) is 38.8 Å². The molecule has 2 aromatic rings. The number of para-hydroxylation sites is 2. The Hall–Kier alpha value is -2.03. The number of anilines is 1. The summed E-state index contributed by atoms with van der Waals surface area (Å²) < 4.78 is 19.7. The van der Waals surface area contributed by atoms with Crippen molar-refractivity contribution in [3.8, 4) is 5.75 Å². The van der Waals surface area contributed by atoms with Gasteiger partial charge in [-0.1, -0.05) is 31.2 Å². The smallest absolute Gasteiger partial charge is 0.143 e. The topological polar surface area (TPSA) is 12.5 Å². The average Bonchev–Trinajstić information content (AvgIpc) is 2.47. The summed E-state index contributed by atoms with van der Waals surface area (Å²) in [6.07, 6.45) is 0.911. The van der Waals surface area contributed by atoms with Crippen molar-refractivity contribution < 1.29 is 9.13 Å². The first-order valence-corrected chi connectivity index (χ1v) is 7.80. The van der Waals surface area contributed by atoms with E-state index in [1.807, 2.05) is 24.3 Å². The molecule has 0 aromatic heterocycles. The largest absolute Gasteiger partial charge is 0.484 e. The van der Waals surface area contributed by atoms with Gasteiger partial charge < -0.3 is 9.64 Å². The molecule has 0 aliphatic carbocycles. The fraction of sp³-hybridized carbons (Fsp3) is 0.368. The molecule has 3 rings (SSSR count).